The number of morpholine rings is 1. The topological polar surface area (TPSA) is 52.9 Å². The minimum absolute atomic E-state index is 0.400. The second-order valence-electron chi connectivity index (χ2n) is 11.1. The maximum atomic E-state index is 10.2. The molecule has 4 aliphatic rings. The molecule has 1 heterocycles. The lowest BCUT2D eigenvalue weighted by molar-refractivity contribution is -0.0176. The van der Waals surface area contributed by atoms with E-state index in [1.807, 2.05) is 0 Å². The number of ether oxygens (including phenoxy) is 1. The Bertz CT molecular complexity index is 712. The molecule has 0 bridgehead atoms. The van der Waals surface area contributed by atoms with Gasteiger partial charge in [-0.3, -0.25) is 4.90 Å². The van der Waals surface area contributed by atoms with E-state index in [9.17, 15) is 10.2 Å². The van der Waals surface area contributed by atoms with E-state index in [2.05, 4.69) is 44.4 Å². The lowest BCUT2D eigenvalue weighted by Gasteiger charge is -2.46. The lowest BCUT2D eigenvalue weighted by atomic mass is 9.61. The average Bonchev–Trinajstić information content (AvgIpc) is 3.09. The van der Waals surface area contributed by atoms with E-state index in [-0.39, 0.29) is 0 Å². The molecule has 174 valence electrons. The van der Waals surface area contributed by atoms with Crippen LogP contribution >= 0.6 is 0 Å². The highest BCUT2D eigenvalue weighted by atomic mass is 16.5. The van der Waals surface area contributed by atoms with Crippen molar-refractivity contribution < 1.29 is 14.9 Å². The molecule has 0 aromatic rings. The Morgan fingerprint density at radius 1 is 1.23 bits per heavy atom. The standard InChI is InChI=1S/C27H43NO3/c1-18(16-28-12-13-31-17-19(28)2)23-9-10-24-22(6-5-11-27(23,24)4)8-7-21-14-25(29)20(3)26(30)15-21/h7-8,18-19,23-26,29-30H,3,5-6,9-17H2,1-2,4H3/b22-8+/t18?,19-,23+,24-,25+,26+,27+/m0/s1. The quantitative estimate of drug-likeness (QED) is 0.647. The van der Waals surface area contributed by atoms with Crippen LogP contribution in [-0.2, 0) is 4.74 Å². The van der Waals surface area contributed by atoms with Gasteiger partial charge >= 0.3 is 0 Å². The van der Waals surface area contributed by atoms with Crippen molar-refractivity contribution in [3.63, 3.8) is 0 Å². The molecule has 0 spiro atoms. The minimum atomic E-state index is -0.607. The fraction of sp³-hybridized carbons (Fsp3) is 0.778. The molecular weight excluding hydrogens is 386 g/mol. The molecule has 31 heavy (non-hydrogen) atoms. The number of hydrogen-bond donors (Lipinski definition) is 2. The van der Waals surface area contributed by atoms with Crippen LogP contribution < -0.4 is 0 Å². The summed E-state index contributed by atoms with van der Waals surface area (Å²) in [5, 5.41) is 20.3. The van der Waals surface area contributed by atoms with Crippen molar-refractivity contribution in [1.82, 2.24) is 4.90 Å². The molecule has 0 aromatic carbocycles. The van der Waals surface area contributed by atoms with Gasteiger partial charge in [-0.25, -0.2) is 0 Å². The van der Waals surface area contributed by atoms with Crippen molar-refractivity contribution in [1.29, 1.82) is 0 Å². The van der Waals surface area contributed by atoms with Gasteiger partial charge in [0.05, 0.1) is 25.4 Å². The van der Waals surface area contributed by atoms with Gasteiger partial charge < -0.3 is 14.9 Å². The van der Waals surface area contributed by atoms with Crippen LogP contribution in [-0.4, -0.2) is 59.7 Å². The van der Waals surface area contributed by atoms with E-state index >= 15 is 0 Å². The van der Waals surface area contributed by atoms with Crippen LogP contribution in [0.4, 0.5) is 0 Å². The first-order valence-electron chi connectivity index (χ1n) is 12.5. The summed E-state index contributed by atoms with van der Waals surface area (Å²) in [4.78, 5) is 2.64. The Morgan fingerprint density at radius 3 is 2.68 bits per heavy atom. The van der Waals surface area contributed by atoms with Gasteiger partial charge in [-0.2, -0.15) is 0 Å². The monoisotopic (exact) mass is 429 g/mol. The summed E-state index contributed by atoms with van der Waals surface area (Å²) in [7, 11) is 0. The van der Waals surface area contributed by atoms with Crippen LogP contribution in [0, 0.1) is 23.2 Å². The summed E-state index contributed by atoms with van der Waals surface area (Å²) in [5.74, 6) is 2.18. The first-order chi connectivity index (χ1) is 14.8. The number of rotatable bonds is 4. The third kappa shape index (κ3) is 4.73. The van der Waals surface area contributed by atoms with E-state index in [0.29, 0.717) is 41.7 Å². The van der Waals surface area contributed by atoms with Gasteiger partial charge in [0.2, 0.25) is 0 Å². The van der Waals surface area contributed by atoms with Gasteiger partial charge in [0, 0.05) is 19.1 Å². The van der Waals surface area contributed by atoms with Crippen molar-refractivity contribution >= 4 is 0 Å². The number of fused-ring (bicyclic) bond motifs is 1. The van der Waals surface area contributed by atoms with E-state index < -0.39 is 12.2 Å². The molecule has 3 saturated carbocycles. The highest BCUT2D eigenvalue weighted by Crippen LogP contribution is 2.59. The number of aliphatic hydroxyl groups excluding tert-OH is 2. The van der Waals surface area contributed by atoms with E-state index in [1.54, 1.807) is 5.57 Å². The molecule has 0 amide bonds. The van der Waals surface area contributed by atoms with Crippen LogP contribution in [0.1, 0.15) is 65.7 Å². The summed E-state index contributed by atoms with van der Waals surface area (Å²) in [6, 6.07) is 0.534. The Balaban J connectivity index is 1.45. The molecule has 4 heteroatoms. The summed E-state index contributed by atoms with van der Waals surface area (Å²) < 4.78 is 5.64. The first kappa shape index (κ1) is 23.2. The molecule has 4 rings (SSSR count). The van der Waals surface area contributed by atoms with Crippen molar-refractivity contribution in [2.45, 2.75) is 84.0 Å². The summed E-state index contributed by atoms with van der Waals surface area (Å²) in [5.41, 5.74) is 3.72. The smallest absolute Gasteiger partial charge is 0.0809 e. The van der Waals surface area contributed by atoms with Crippen LogP contribution in [0.3, 0.4) is 0 Å². The fourth-order valence-electron chi connectivity index (χ4n) is 7.17. The third-order valence-electron chi connectivity index (χ3n) is 9.05. The van der Waals surface area contributed by atoms with Crippen molar-refractivity contribution in [2.24, 2.45) is 23.2 Å². The Hall–Kier alpha value is -0.940. The Kier molecular flexibility index (Phi) is 7.12. The van der Waals surface area contributed by atoms with E-state index in [1.165, 1.54) is 38.6 Å². The fourth-order valence-corrected chi connectivity index (χ4v) is 7.17. The second kappa shape index (κ2) is 9.51. The van der Waals surface area contributed by atoms with Crippen LogP contribution in [0.5, 0.6) is 0 Å². The minimum Gasteiger partial charge on any atom is -0.388 e. The average molecular weight is 430 g/mol. The molecule has 0 radical (unpaired) electrons. The summed E-state index contributed by atoms with van der Waals surface area (Å²) >= 11 is 0. The molecule has 1 saturated heterocycles. The Labute approximate surface area is 189 Å². The molecule has 4 fully saturated rings. The SMILES string of the molecule is C=C1[C@H](O)CC(=C/C=C2\CCC[C@]3(C)[C@@H](C(C)CN4CCOC[C@@H]4C)CC[C@@H]23)C[C@H]1O. The predicted molar refractivity (Wildman–Crippen MR) is 126 cm³/mol. The second-order valence-corrected chi connectivity index (χ2v) is 11.1. The van der Waals surface area contributed by atoms with Gasteiger partial charge in [-0.15, -0.1) is 0 Å². The maximum absolute atomic E-state index is 10.2. The van der Waals surface area contributed by atoms with E-state index in [0.717, 1.165) is 31.2 Å². The molecule has 1 unspecified atom stereocenters. The van der Waals surface area contributed by atoms with Crippen molar-refractivity contribution in [3.05, 3.63) is 35.5 Å². The van der Waals surface area contributed by atoms with Crippen LogP contribution in [0.2, 0.25) is 0 Å². The van der Waals surface area contributed by atoms with Gasteiger partial charge in [0.25, 0.3) is 0 Å². The predicted octanol–water partition coefficient (Wildman–Crippen LogP) is 4.48. The van der Waals surface area contributed by atoms with Crippen molar-refractivity contribution in [2.75, 3.05) is 26.3 Å². The summed E-state index contributed by atoms with van der Waals surface area (Å²) in [6.07, 6.45) is 11.0. The maximum Gasteiger partial charge on any atom is 0.0809 e. The zero-order valence-electron chi connectivity index (χ0n) is 19.9. The molecule has 3 aliphatic carbocycles. The number of nitrogens with zero attached hydrogens (tertiary/aromatic N) is 1. The lowest BCUT2D eigenvalue weighted by Crippen LogP contribution is -2.47. The molecule has 0 aromatic heterocycles. The van der Waals surface area contributed by atoms with E-state index in [4.69, 9.17) is 4.74 Å². The van der Waals surface area contributed by atoms with Gasteiger partial charge in [0.15, 0.2) is 0 Å². The molecule has 4 nitrogen and oxygen atoms in total. The van der Waals surface area contributed by atoms with Gasteiger partial charge in [0.1, 0.15) is 0 Å². The number of aliphatic hydroxyl groups is 2. The summed E-state index contributed by atoms with van der Waals surface area (Å²) in [6.45, 7) is 15.2. The highest BCUT2D eigenvalue weighted by Gasteiger charge is 2.50. The van der Waals surface area contributed by atoms with Crippen LogP contribution in [0.15, 0.2) is 35.5 Å². The molecule has 7 atom stereocenters. The normalized spacial score (nSPS) is 42.0. The third-order valence-corrected chi connectivity index (χ3v) is 9.05. The molecular formula is C27H43NO3. The molecule has 2 N–H and O–H groups in total. The molecule has 1 aliphatic heterocycles. The highest BCUT2D eigenvalue weighted by molar-refractivity contribution is 5.29. The largest absolute Gasteiger partial charge is 0.388 e. The zero-order chi connectivity index (χ0) is 22.2. The zero-order valence-corrected chi connectivity index (χ0v) is 19.9. The van der Waals surface area contributed by atoms with Crippen LogP contribution in [0.25, 0.3) is 0 Å². The number of allylic oxidation sites excluding steroid dienone is 3. The van der Waals surface area contributed by atoms with Gasteiger partial charge in [-0.05, 0) is 80.6 Å². The number of hydrogen-bond acceptors (Lipinski definition) is 4. The Morgan fingerprint density at radius 2 is 1.97 bits per heavy atom. The van der Waals surface area contributed by atoms with Gasteiger partial charge in [-0.1, -0.05) is 43.7 Å². The first-order valence-corrected chi connectivity index (χ1v) is 12.5. The van der Waals surface area contributed by atoms with Crippen molar-refractivity contribution in [3.8, 4) is 0 Å².